The van der Waals surface area contributed by atoms with E-state index in [0.717, 1.165) is 19.0 Å². The highest BCUT2D eigenvalue weighted by Crippen LogP contribution is 2.01. The summed E-state index contributed by atoms with van der Waals surface area (Å²) in [5.41, 5.74) is 5.64. The molecule has 0 aliphatic carbocycles. The first-order chi connectivity index (χ1) is 7.67. The van der Waals surface area contributed by atoms with Crippen LogP contribution in [-0.2, 0) is 0 Å². The number of halogens is 1. The van der Waals surface area contributed by atoms with E-state index < -0.39 is 5.82 Å². The van der Waals surface area contributed by atoms with Gasteiger partial charge in [-0.25, -0.2) is 9.37 Å². The molecule has 1 unspecified atom stereocenters. The van der Waals surface area contributed by atoms with Crippen molar-refractivity contribution in [3.05, 3.63) is 29.8 Å². The van der Waals surface area contributed by atoms with Crippen LogP contribution in [0.25, 0.3) is 0 Å². The molecule has 88 valence electrons. The van der Waals surface area contributed by atoms with Crippen molar-refractivity contribution >= 4 is 5.91 Å². The Kier molecular flexibility index (Phi) is 4.85. The van der Waals surface area contributed by atoms with Crippen molar-refractivity contribution < 1.29 is 9.18 Å². The van der Waals surface area contributed by atoms with Crippen molar-refractivity contribution in [1.29, 1.82) is 0 Å². The zero-order valence-corrected chi connectivity index (χ0v) is 9.24. The Morgan fingerprint density at radius 1 is 1.62 bits per heavy atom. The third-order valence-corrected chi connectivity index (χ3v) is 2.30. The molecule has 0 bridgehead atoms. The van der Waals surface area contributed by atoms with Crippen molar-refractivity contribution in [2.24, 2.45) is 5.73 Å². The quantitative estimate of drug-likeness (QED) is 0.787. The zero-order valence-electron chi connectivity index (χ0n) is 9.24. The molecule has 0 saturated heterocycles. The number of nitrogens with zero attached hydrogens (tertiary/aromatic N) is 1. The van der Waals surface area contributed by atoms with Gasteiger partial charge in [-0.3, -0.25) is 4.79 Å². The molecule has 0 radical (unpaired) electrons. The number of rotatable bonds is 5. The van der Waals surface area contributed by atoms with E-state index in [4.69, 9.17) is 5.73 Å². The predicted octanol–water partition coefficient (Wildman–Crippen LogP) is 1.08. The van der Waals surface area contributed by atoms with E-state index in [9.17, 15) is 9.18 Å². The summed E-state index contributed by atoms with van der Waals surface area (Å²) in [4.78, 5) is 15.4. The van der Waals surface area contributed by atoms with Gasteiger partial charge in [0.2, 0.25) is 0 Å². The first kappa shape index (κ1) is 12.6. The monoisotopic (exact) mass is 225 g/mol. The number of hydrogen-bond donors (Lipinski definition) is 2. The van der Waals surface area contributed by atoms with Gasteiger partial charge >= 0.3 is 0 Å². The average Bonchev–Trinajstić information content (AvgIpc) is 2.29. The summed E-state index contributed by atoms with van der Waals surface area (Å²) in [6.45, 7) is 2.49. The molecule has 4 nitrogen and oxygen atoms in total. The van der Waals surface area contributed by atoms with E-state index in [-0.39, 0.29) is 17.6 Å². The lowest BCUT2D eigenvalue weighted by molar-refractivity contribution is 0.0929. The minimum atomic E-state index is -0.453. The van der Waals surface area contributed by atoms with E-state index in [1.165, 1.54) is 12.1 Å². The van der Waals surface area contributed by atoms with Crippen LogP contribution in [0, 0.1) is 5.82 Å². The predicted molar refractivity (Wildman–Crippen MR) is 59.4 cm³/mol. The molecule has 0 aliphatic heterocycles. The second-order valence-electron chi connectivity index (χ2n) is 3.52. The summed E-state index contributed by atoms with van der Waals surface area (Å²) in [6.07, 6.45) is 2.56. The van der Waals surface area contributed by atoms with Gasteiger partial charge in [-0.1, -0.05) is 6.92 Å². The number of nitrogens with two attached hydrogens (primary N) is 1. The van der Waals surface area contributed by atoms with Gasteiger partial charge in [0.1, 0.15) is 11.5 Å². The van der Waals surface area contributed by atoms with Gasteiger partial charge < -0.3 is 11.1 Å². The SMILES string of the molecule is CCC(CCN)NC(=O)c1ccc(F)cn1. The van der Waals surface area contributed by atoms with Gasteiger partial charge in [0.25, 0.3) is 5.91 Å². The van der Waals surface area contributed by atoms with Crippen LogP contribution < -0.4 is 11.1 Å². The van der Waals surface area contributed by atoms with Crippen molar-refractivity contribution in [1.82, 2.24) is 10.3 Å². The molecule has 0 aliphatic rings. The fraction of sp³-hybridized carbons (Fsp3) is 0.455. The van der Waals surface area contributed by atoms with Crippen molar-refractivity contribution in [3.63, 3.8) is 0 Å². The Labute approximate surface area is 94.1 Å². The molecule has 1 atom stereocenters. The van der Waals surface area contributed by atoms with Gasteiger partial charge in [-0.2, -0.15) is 0 Å². The Morgan fingerprint density at radius 2 is 2.38 bits per heavy atom. The van der Waals surface area contributed by atoms with Crippen LogP contribution in [0.15, 0.2) is 18.3 Å². The number of amides is 1. The van der Waals surface area contributed by atoms with Crippen LogP contribution in [0.2, 0.25) is 0 Å². The third kappa shape index (κ3) is 3.58. The van der Waals surface area contributed by atoms with Crippen LogP contribution in [0.4, 0.5) is 4.39 Å². The second-order valence-corrected chi connectivity index (χ2v) is 3.52. The minimum Gasteiger partial charge on any atom is -0.348 e. The third-order valence-electron chi connectivity index (χ3n) is 2.30. The van der Waals surface area contributed by atoms with E-state index >= 15 is 0 Å². The normalized spacial score (nSPS) is 12.2. The van der Waals surface area contributed by atoms with Crippen LogP contribution >= 0.6 is 0 Å². The topological polar surface area (TPSA) is 68.0 Å². The molecule has 5 heteroatoms. The standard InChI is InChI=1S/C11H16FN3O/c1-2-9(5-6-13)15-11(16)10-4-3-8(12)7-14-10/h3-4,7,9H,2,5-6,13H2,1H3,(H,15,16). The maximum absolute atomic E-state index is 12.6. The highest BCUT2D eigenvalue weighted by atomic mass is 19.1. The van der Waals surface area contributed by atoms with E-state index in [1.807, 2.05) is 6.92 Å². The molecule has 0 saturated carbocycles. The fourth-order valence-corrected chi connectivity index (χ4v) is 1.35. The van der Waals surface area contributed by atoms with Gasteiger partial charge in [0.05, 0.1) is 6.20 Å². The fourth-order valence-electron chi connectivity index (χ4n) is 1.35. The number of hydrogen-bond acceptors (Lipinski definition) is 3. The number of pyridine rings is 1. The molecule has 16 heavy (non-hydrogen) atoms. The number of carbonyl (C=O) groups is 1. The molecular weight excluding hydrogens is 209 g/mol. The Balaban J connectivity index is 2.60. The Bertz CT molecular complexity index is 340. The molecule has 1 amide bonds. The van der Waals surface area contributed by atoms with E-state index in [1.54, 1.807) is 0 Å². The van der Waals surface area contributed by atoms with Crippen molar-refractivity contribution in [2.45, 2.75) is 25.8 Å². The summed E-state index contributed by atoms with van der Waals surface area (Å²) < 4.78 is 12.6. The lowest BCUT2D eigenvalue weighted by Crippen LogP contribution is -2.36. The lowest BCUT2D eigenvalue weighted by atomic mass is 10.1. The average molecular weight is 225 g/mol. The van der Waals surface area contributed by atoms with Crippen LogP contribution in [0.1, 0.15) is 30.3 Å². The minimum absolute atomic E-state index is 0.0457. The van der Waals surface area contributed by atoms with E-state index in [0.29, 0.717) is 6.54 Å². The molecular formula is C11H16FN3O. The smallest absolute Gasteiger partial charge is 0.270 e. The summed E-state index contributed by atoms with van der Waals surface area (Å²) in [5.74, 6) is -0.745. The van der Waals surface area contributed by atoms with Gasteiger partial charge in [0.15, 0.2) is 0 Å². The molecule has 1 rings (SSSR count). The maximum Gasteiger partial charge on any atom is 0.270 e. The van der Waals surface area contributed by atoms with Crippen molar-refractivity contribution in [3.8, 4) is 0 Å². The molecule has 3 N–H and O–H groups in total. The maximum atomic E-state index is 12.6. The molecule has 0 spiro atoms. The summed E-state index contributed by atoms with van der Waals surface area (Å²) in [7, 11) is 0. The molecule has 0 aromatic carbocycles. The first-order valence-corrected chi connectivity index (χ1v) is 5.29. The summed E-state index contributed by atoms with van der Waals surface area (Å²) in [5, 5.41) is 2.80. The Morgan fingerprint density at radius 3 is 2.88 bits per heavy atom. The number of carbonyl (C=O) groups excluding carboxylic acids is 1. The van der Waals surface area contributed by atoms with Crippen LogP contribution in [0.5, 0.6) is 0 Å². The summed E-state index contributed by atoms with van der Waals surface area (Å²) in [6, 6.07) is 2.62. The Hall–Kier alpha value is -1.49. The van der Waals surface area contributed by atoms with Gasteiger partial charge in [0, 0.05) is 6.04 Å². The molecule has 0 fully saturated rings. The number of aromatic nitrogens is 1. The zero-order chi connectivity index (χ0) is 12.0. The molecule has 1 aromatic heterocycles. The van der Waals surface area contributed by atoms with E-state index in [2.05, 4.69) is 10.3 Å². The van der Waals surface area contributed by atoms with Gasteiger partial charge in [-0.05, 0) is 31.5 Å². The highest BCUT2D eigenvalue weighted by molar-refractivity contribution is 5.92. The van der Waals surface area contributed by atoms with Gasteiger partial charge in [-0.15, -0.1) is 0 Å². The highest BCUT2D eigenvalue weighted by Gasteiger charge is 2.12. The number of nitrogens with one attached hydrogen (secondary N) is 1. The largest absolute Gasteiger partial charge is 0.348 e. The first-order valence-electron chi connectivity index (χ1n) is 5.29. The van der Waals surface area contributed by atoms with Crippen LogP contribution in [-0.4, -0.2) is 23.5 Å². The van der Waals surface area contributed by atoms with Crippen molar-refractivity contribution in [2.75, 3.05) is 6.54 Å². The van der Waals surface area contributed by atoms with Crippen LogP contribution in [0.3, 0.4) is 0 Å². The summed E-state index contributed by atoms with van der Waals surface area (Å²) >= 11 is 0. The lowest BCUT2D eigenvalue weighted by Gasteiger charge is -2.15. The molecule has 1 aromatic rings. The molecule has 1 heterocycles. The second kappa shape index (κ2) is 6.17.